The van der Waals surface area contributed by atoms with E-state index in [0.717, 1.165) is 47.3 Å². The van der Waals surface area contributed by atoms with Crippen molar-refractivity contribution in [2.45, 2.75) is 51.6 Å². The predicted octanol–water partition coefficient (Wildman–Crippen LogP) is 5.30. The first-order valence-electron chi connectivity index (χ1n) is 7.40. The average Bonchev–Trinajstić information content (AvgIpc) is 2.76. The summed E-state index contributed by atoms with van der Waals surface area (Å²) in [5.74, 6) is 0.939. The monoisotopic (exact) mass is 372 g/mol. The van der Waals surface area contributed by atoms with Crippen molar-refractivity contribution in [3.8, 4) is 0 Å². The van der Waals surface area contributed by atoms with E-state index in [1.54, 1.807) is 0 Å². The lowest BCUT2D eigenvalue weighted by molar-refractivity contribution is 0.0754. The molecule has 0 saturated heterocycles. The van der Waals surface area contributed by atoms with Gasteiger partial charge in [0.25, 0.3) is 0 Å². The topological polar surface area (TPSA) is 27.1 Å². The molecule has 1 unspecified atom stereocenters. The van der Waals surface area contributed by atoms with Crippen LogP contribution in [0.15, 0.2) is 22.7 Å². The van der Waals surface area contributed by atoms with Gasteiger partial charge in [-0.15, -0.1) is 11.6 Å². The summed E-state index contributed by atoms with van der Waals surface area (Å²) in [6, 6.07) is 6.18. The largest absolute Gasteiger partial charge is 0.379 e. The van der Waals surface area contributed by atoms with E-state index >= 15 is 0 Å². The molecule has 0 aliphatic carbocycles. The molecular formula is C16H22BrClN2O. The van der Waals surface area contributed by atoms with Crippen LogP contribution in [0.25, 0.3) is 11.0 Å². The number of benzene rings is 1. The minimum absolute atomic E-state index is 0.0944. The Kier molecular flexibility index (Phi) is 6.08. The summed E-state index contributed by atoms with van der Waals surface area (Å²) in [6.07, 6.45) is 2.41. The summed E-state index contributed by atoms with van der Waals surface area (Å²) < 4.78 is 8.86. The molecule has 0 aliphatic rings. The Labute approximate surface area is 139 Å². The van der Waals surface area contributed by atoms with Crippen LogP contribution in [0.2, 0.25) is 0 Å². The highest BCUT2D eigenvalue weighted by atomic mass is 79.9. The number of aromatic nitrogens is 2. The molecule has 1 aromatic carbocycles. The first-order chi connectivity index (χ1) is 9.99. The van der Waals surface area contributed by atoms with Gasteiger partial charge in [0.05, 0.1) is 22.5 Å². The molecule has 0 N–H and O–H groups in total. The molecule has 2 rings (SSSR count). The summed E-state index contributed by atoms with van der Waals surface area (Å²) >= 11 is 9.77. The van der Waals surface area contributed by atoms with Gasteiger partial charge in [-0.1, -0.05) is 15.9 Å². The number of aryl methyl sites for hydroxylation is 1. The highest BCUT2D eigenvalue weighted by Crippen LogP contribution is 2.27. The molecule has 3 nitrogen and oxygen atoms in total. The lowest BCUT2D eigenvalue weighted by atomic mass is 10.3. The normalized spacial score (nSPS) is 13.2. The van der Waals surface area contributed by atoms with Crippen molar-refractivity contribution < 1.29 is 4.74 Å². The second-order valence-corrected chi connectivity index (χ2v) is 7.07. The maximum atomic E-state index is 6.28. The summed E-state index contributed by atoms with van der Waals surface area (Å²) in [6.45, 7) is 7.83. The van der Waals surface area contributed by atoms with Crippen LogP contribution in [0.3, 0.4) is 0 Å². The molecule has 5 heteroatoms. The molecule has 1 atom stereocenters. The van der Waals surface area contributed by atoms with E-state index in [4.69, 9.17) is 16.3 Å². The molecule has 0 spiro atoms. The van der Waals surface area contributed by atoms with Crippen LogP contribution in [0, 0.1) is 0 Å². The third-order valence-corrected chi connectivity index (χ3v) is 4.01. The van der Waals surface area contributed by atoms with Crippen molar-refractivity contribution in [3.63, 3.8) is 0 Å². The van der Waals surface area contributed by atoms with Gasteiger partial charge < -0.3 is 9.30 Å². The Morgan fingerprint density at radius 3 is 2.71 bits per heavy atom. The molecule has 1 aromatic heterocycles. The van der Waals surface area contributed by atoms with E-state index in [0.29, 0.717) is 6.10 Å². The van der Waals surface area contributed by atoms with E-state index in [9.17, 15) is 0 Å². The van der Waals surface area contributed by atoms with Crippen LogP contribution in [0.4, 0.5) is 0 Å². The van der Waals surface area contributed by atoms with Gasteiger partial charge in [-0.3, -0.25) is 0 Å². The van der Waals surface area contributed by atoms with Gasteiger partial charge in [0.2, 0.25) is 0 Å². The van der Waals surface area contributed by atoms with Gasteiger partial charge in [0.1, 0.15) is 5.82 Å². The number of imidazole rings is 1. The lowest BCUT2D eigenvalue weighted by Gasteiger charge is -2.11. The Morgan fingerprint density at radius 2 is 2.05 bits per heavy atom. The first-order valence-corrected chi connectivity index (χ1v) is 8.63. The summed E-state index contributed by atoms with van der Waals surface area (Å²) in [5, 5.41) is -0.0944. The molecule has 21 heavy (non-hydrogen) atoms. The number of halogens is 2. The second kappa shape index (κ2) is 7.61. The van der Waals surface area contributed by atoms with Crippen LogP contribution >= 0.6 is 27.5 Å². The van der Waals surface area contributed by atoms with Crippen molar-refractivity contribution in [3.05, 3.63) is 28.5 Å². The number of hydrogen-bond acceptors (Lipinski definition) is 2. The third kappa shape index (κ3) is 4.44. The minimum atomic E-state index is -0.0944. The van der Waals surface area contributed by atoms with Crippen LogP contribution in [-0.2, 0) is 11.3 Å². The van der Waals surface area contributed by atoms with Gasteiger partial charge in [-0.05, 0) is 51.8 Å². The number of rotatable bonds is 7. The number of alkyl halides is 1. The maximum absolute atomic E-state index is 6.28. The number of unbranched alkanes of at least 4 members (excludes halogenated alkanes) is 1. The highest BCUT2D eigenvalue weighted by Gasteiger charge is 2.14. The molecular weight excluding hydrogens is 352 g/mol. The molecule has 0 amide bonds. The van der Waals surface area contributed by atoms with Gasteiger partial charge >= 0.3 is 0 Å². The van der Waals surface area contributed by atoms with Crippen molar-refractivity contribution in [2.24, 2.45) is 0 Å². The Hall–Kier alpha value is -0.580. The molecule has 0 bridgehead atoms. The molecule has 2 aromatic rings. The lowest BCUT2D eigenvalue weighted by Crippen LogP contribution is -2.07. The van der Waals surface area contributed by atoms with Crippen molar-refractivity contribution in [1.29, 1.82) is 0 Å². The maximum Gasteiger partial charge on any atom is 0.127 e. The van der Waals surface area contributed by atoms with E-state index < -0.39 is 0 Å². The van der Waals surface area contributed by atoms with E-state index in [2.05, 4.69) is 45.4 Å². The van der Waals surface area contributed by atoms with Crippen molar-refractivity contribution >= 4 is 38.6 Å². The fourth-order valence-corrected chi connectivity index (χ4v) is 2.87. The summed E-state index contributed by atoms with van der Waals surface area (Å²) in [4.78, 5) is 4.67. The fourth-order valence-electron chi connectivity index (χ4n) is 2.35. The summed E-state index contributed by atoms with van der Waals surface area (Å²) in [7, 11) is 0. The average molecular weight is 374 g/mol. The fraction of sp³-hybridized carbons (Fsp3) is 0.562. The molecule has 116 valence electrons. The molecule has 0 saturated carbocycles. The Balaban J connectivity index is 2.11. The van der Waals surface area contributed by atoms with Crippen molar-refractivity contribution in [1.82, 2.24) is 9.55 Å². The van der Waals surface area contributed by atoms with Gasteiger partial charge in [-0.25, -0.2) is 4.98 Å². The molecule has 0 fully saturated rings. The van der Waals surface area contributed by atoms with E-state index in [-0.39, 0.29) is 5.38 Å². The predicted molar refractivity (Wildman–Crippen MR) is 92.0 cm³/mol. The first kappa shape index (κ1) is 16.8. The quantitative estimate of drug-likeness (QED) is 0.486. The number of fused-ring (bicyclic) bond motifs is 1. The number of hydrogen-bond donors (Lipinski definition) is 0. The highest BCUT2D eigenvalue weighted by molar-refractivity contribution is 9.10. The van der Waals surface area contributed by atoms with Crippen molar-refractivity contribution in [2.75, 3.05) is 6.61 Å². The van der Waals surface area contributed by atoms with Crippen LogP contribution < -0.4 is 0 Å². The van der Waals surface area contributed by atoms with Gasteiger partial charge in [0.15, 0.2) is 0 Å². The van der Waals surface area contributed by atoms with Crippen LogP contribution in [-0.4, -0.2) is 22.3 Å². The number of nitrogens with zero attached hydrogens (tertiary/aromatic N) is 2. The molecule has 0 aliphatic heterocycles. The minimum Gasteiger partial charge on any atom is -0.379 e. The zero-order valence-corrected chi connectivity index (χ0v) is 15.1. The SMILES string of the molecule is CC(C)OCCCCn1c(C(C)Cl)nc2cc(Br)ccc21. The van der Waals surface area contributed by atoms with Crippen LogP contribution in [0.5, 0.6) is 0 Å². The van der Waals surface area contributed by atoms with Gasteiger partial charge in [-0.2, -0.15) is 0 Å². The van der Waals surface area contributed by atoms with E-state index in [1.165, 1.54) is 0 Å². The summed E-state index contributed by atoms with van der Waals surface area (Å²) in [5.41, 5.74) is 2.13. The Bertz CT molecular complexity index is 595. The smallest absolute Gasteiger partial charge is 0.127 e. The molecule has 0 radical (unpaired) electrons. The zero-order chi connectivity index (χ0) is 15.4. The van der Waals surface area contributed by atoms with E-state index in [1.807, 2.05) is 19.1 Å². The van der Waals surface area contributed by atoms with Gasteiger partial charge in [0, 0.05) is 17.6 Å². The standard InChI is InChI=1S/C16H22BrClN2O/c1-11(2)21-9-5-4-8-20-15-7-6-13(17)10-14(15)19-16(20)12(3)18/h6-7,10-12H,4-5,8-9H2,1-3H3. The second-order valence-electron chi connectivity index (χ2n) is 5.50. The Morgan fingerprint density at radius 1 is 1.29 bits per heavy atom. The van der Waals surface area contributed by atoms with Crippen LogP contribution in [0.1, 0.15) is 44.8 Å². The zero-order valence-electron chi connectivity index (χ0n) is 12.8. The number of ether oxygens (including phenoxy) is 1. The third-order valence-electron chi connectivity index (χ3n) is 3.32. The molecule has 1 heterocycles.